The first-order valence-corrected chi connectivity index (χ1v) is 8.90. The largest absolute Gasteiger partial charge is 0.434 e. The van der Waals surface area contributed by atoms with E-state index in [-0.39, 0.29) is 12.3 Å². The third-order valence-corrected chi connectivity index (χ3v) is 3.98. The fraction of sp³-hybridized carbons (Fsp3) is 0.526. The van der Waals surface area contributed by atoms with Crippen LogP contribution in [0.3, 0.4) is 0 Å². The molecule has 2 rings (SSSR count). The molecule has 0 atom stereocenters. The number of aliphatic imine (C=N–C) groups is 1. The Hall–Kier alpha value is -2.15. The van der Waals surface area contributed by atoms with Crippen molar-refractivity contribution in [3.63, 3.8) is 0 Å². The summed E-state index contributed by atoms with van der Waals surface area (Å²) in [5.41, 5.74) is 2.99. The Morgan fingerprint density at radius 1 is 1.35 bits per heavy atom. The van der Waals surface area contributed by atoms with E-state index >= 15 is 0 Å². The molecule has 1 aliphatic rings. The number of nitrogens with one attached hydrogen (secondary N) is 2. The number of halogens is 2. The summed E-state index contributed by atoms with van der Waals surface area (Å²) in [5.74, 6) is 0.822. The molecule has 0 amide bonds. The number of aryl methyl sites for hydroxylation is 1. The van der Waals surface area contributed by atoms with E-state index in [0.717, 1.165) is 38.1 Å². The number of hydrogen-bond donors (Lipinski definition) is 2. The fourth-order valence-electron chi connectivity index (χ4n) is 2.68. The first-order valence-electron chi connectivity index (χ1n) is 8.90. The van der Waals surface area contributed by atoms with E-state index in [4.69, 9.17) is 4.74 Å². The van der Waals surface area contributed by atoms with Crippen molar-refractivity contribution in [3.8, 4) is 5.75 Å². The molecule has 5 nitrogen and oxygen atoms in total. The standard InChI is InChI=1S/C19H27F2N3O2/c1-3-22-19(23-9-6-15-7-10-25-11-8-15)24-13-16-12-14(2)4-5-17(16)26-18(20)21/h4-5,7,12,18H,3,6,8-11,13H2,1-2H3,(H2,22,23,24). The minimum atomic E-state index is -2.85. The molecule has 26 heavy (non-hydrogen) atoms. The highest BCUT2D eigenvalue weighted by Crippen LogP contribution is 2.22. The second-order valence-electron chi connectivity index (χ2n) is 6.05. The van der Waals surface area contributed by atoms with Crippen LogP contribution in [-0.2, 0) is 11.3 Å². The number of benzene rings is 1. The van der Waals surface area contributed by atoms with E-state index in [1.54, 1.807) is 12.1 Å². The van der Waals surface area contributed by atoms with Gasteiger partial charge in [0.05, 0.1) is 19.8 Å². The van der Waals surface area contributed by atoms with Crippen LogP contribution in [0.1, 0.15) is 30.9 Å². The second kappa shape index (κ2) is 10.8. The average Bonchev–Trinajstić information content (AvgIpc) is 2.62. The van der Waals surface area contributed by atoms with Crippen LogP contribution < -0.4 is 15.4 Å². The minimum absolute atomic E-state index is 0.164. The van der Waals surface area contributed by atoms with Crippen molar-refractivity contribution in [3.05, 3.63) is 41.0 Å². The summed E-state index contributed by atoms with van der Waals surface area (Å²) in [6.07, 6.45) is 4.01. The van der Waals surface area contributed by atoms with Crippen molar-refractivity contribution in [2.24, 2.45) is 4.99 Å². The molecule has 0 radical (unpaired) electrons. The van der Waals surface area contributed by atoms with Gasteiger partial charge in [-0.2, -0.15) is 8.78 Å². The van der Waals surface area contributed by atoms with Crippen molar-refractivity contribution in [2.45, 2.75) is 39.8 Å². The molecular formula is C19H27F2N3O2. The van der Waals surface area contributed by atoms with Gasteiger partial charge in [0.1, 0.15) is 5.75 Å². The summed E-state index contributed by atoms with van der Waals surface area (Å²) in [5, 5.41) is 6.45. The maximum atomic E-state index is 12.6. The molecule has 0 spiro atoms. The van der Waals surface area contributed by atoms with Crippen LogP contribution in [0.2, 0.25) is 0 Å². The van der Waals surface area contributed by atoms with Gasteiger partial charge in [-0.3, -0.25) is 0 Å². The summed E-state index contributed by atoms with van der Waals surface area (Å²) in [7, 11) is 0. The van der Waals surface area contributed by atoms with E-state index in [0.29, 0.717) is 18.1 Å². The van der Waals surface area contributed by atoms with Crippen molar-refractivity contribution >= 4 is 5.96 Å². The molecule has 0 aromatic heterocycles. The zero-order valence-corrected chi connectivity index (χ0v) is 15.4. The Labute approximate surface area is 153 Å². The summed E-state index contributed by atoms with van der Waals surface area (Å²) in [6.45, 7) is 4.24. The van der Waals surface area contributed by atoms with Crippen molar-refractivity contribution < 1.29 is 18.3 Å². The minimum Gasteiger partial charge on any atom is -0.434 e. The summed E-state index contributed by atoms with van der Waals surface area (Å²) >= 11 is 0. The molecule has 2 N–H and O–H groups in total. The Bertz CT molecular complexity index is 633. The molecule has 0 unspecified atom stereocenters. The van der Waals surface area contributed by atoms with Gasteiger partial charge in [0.2, 0.25) is 0 Å². The van der Waals surface area contributed by atoms with Crippen molar-refractivity contribution in [1.29, 1.82) is 0 Å². The Balaban J connectivity index is 1.97. The van der Waals surface area contributed by atoms with Crippen LogP contribution >= 0.6 is 0 Å². The third kappa shape index (κ3) is 7.00. The summed E-state index contributed by atoms with van der Waals surface area (Å²) in [6, 6.07) is 5.12. The van der Waals surface area contributed by atoms with Gasteiger partial charge in [-0.05, 0) is 32.8 Å². The fourth-order valence-corrected chi connectivity index (χ4v) is 2.68. The molecule has 0 bridgehead atoms. The zero-order chi connectivity index (χ0) is 18.8. The second-order valence-corrected chi connectivity index (χ2v) is 6.05. The van der Waals surface area contributed by atoms with E-state index in [2.05, 4.69) is 26.4 Å². The monoisotopic (exact) mass is 367 g/mol. The van der Waals surface area contributed by atoms with Gasteiger partial charge in [0.25, 0.3) is 0 Å². The van der Waals surface area contributed by atoms with Crippen molar-refractivity contribution in [2.75, 3.05) is 26.3 Å². The number of guanidine groups is 1. The third-order valence-electron chi connectivity index (χ3n) is 3.98. The maximum absolute atomic E-state index is 12.6. The van der Waals surface area contributed by atoms with E-state index in [1.165, 1.54) is 5.57 Å². The molecule has 1 aliphatic heterocycles. The van der Waals surface area contributed by atoms with Crippen LogP contribution in [0.15, 0.2) is 34.8 Å². The molecule has 1 aromatic carbocycles. The Kier molecular flexibility index (Phi) is 8.34. The lowest BCUT2D eigenvalue weighted by Crippen LogP contribution is -2.38. The predicted octanol–water partition coefficient (Wildman–Crippen LogP) is 3.39. The topological polar surface area (TPSA) is 54.9 Å². The van der Waals surface area contributed by atoms with Gasteiger partial charge in [0.15, 0.2) is 5.96 Å². The quantitative estimate of drug-likeness (QED) is 0.420. The van der Waals surface area contributed by atoms with Crippen LogP contribution in [0, 0.1) is 6.92 Å². The SMILES string of the molecule is CCNC(=NCc1cc(C)ccc1OC(F)F)NCCC1=CCOCC1. The molecule has 1 aromatic rings. The van der Waals surface area contributed by atoms with Gasteiger partial charge in [-0.1, -0.05) is 29.3 Å². The highest BCUT2D eigenvalue weighted by Gasteiger charge is 2.10. The van der Waals surface area contributed by atoms with Crippen molar-refractivity contribution in [1.82, 2.24) is 10.6 Å². The van der Waals surface area contributed by atoms with Gasteiger partial charge in [-0.15, -0.1) is 0 Å². The average molecular weight is 367 g/mol. The number of alkyl halides is 2. The Morgan fingerprint density at radius 3 is 2.88 bits per heavy atom. The highest BCUT2D eigenvalue weighted by atomic mass is 19.3. The molecule has 0 saturated carbocycles. The number of nitrogens with zero attached hydrogens (tertiary/aromatic N) is 1. The molecule has 144 valence electrons. The van der Waals surface area contributed by atoms with E-state index < -0.39 is 6.61 Å². The smallest absolute Gasteiger partial charge is 0.387 e. The molecule has 1 heterocycles. The van der Waals surface area contributed by atoms with Gasteiger partial charge < -0.3 is 20.1 Å². The molecular weight excluding hydrogens is 340 g/mol. The maximum Gasteiger partial charge on any atom is 0.387 e. The van der Waals surface area contributed by atoms with Crippen LogP contribution in [0.5, 0.6) is 5.75 Å². The van der Waals surface area contributed by atoms with Gasteiger partial charge >= 0.3 is 6.61 Å². The van der Waals surface area contributed by atoms with E-state index in [1.807, 2.05) is 19.9 Å². The lowest BCUT2D eigenvalue weighted by Gasteiger charge is -2.16. The van der Waals surface area contributed by atoms with Gasteiger partial charge in [-0.25, -0.2) is 4.99 Å². The lowest BCUT2D eigenvalue weighted by molar-refractivity contribution is -0.0504. The molecule has 0 fully saturated rings. The summed E-state index contributed by atoms with van der Waals surface area (Å²) in [4.78, 5) is 4.50. The van der Waals surface area contributed by atoms with E-state index in [9.17, 15) is 8.78 Å². The molecule has 0 saturated heterocycles. The first kappa shape index (κ1) is 20.2. The summed E-state index contributed by atoms with van der Waals surface area (Å²) < 4.78 is 35.0. The highest BCUT2D eigenvalue weighted by molar-refractivity contribution is 5.79. The number of rotatable bonds is 8. The first-order chi connectivity index (χ1) is 12.6. The van der Waals surface area contributed by atoms with Crippen LogP contribution in [0.4, 0.5) is 8.78 Å². The predicted molar refractivity (Wildman–Crippen MR) is 98.8 cm³/mol. The number of hydrogen-bond acceptors (Lipinski definition) is 3. The lowest BCUT2D eigenvalue weighted by atomic mass is 10.1. The number of ether oxygens (including phenoxy) is 2. The molecule has 0 aliphatic carbocycles. The zero-order valence-electron chi connectivity index (χ0n) is 15.4. The Morgan fingerprint density at radius 2 is 2.19 bits per heavy atom. The van der Waals surface area contributed by atoms with Crippen LogP contribution in [0.25, 0.3) is 0 Å². The van der Waals surface area contributed by atoms with Gasteiger partial charge in [0, 0.05) is 18.7 Å². The van der Waals surface area contributed by atoms with Crippen LogP contribution in [-0.4, -0.2) is 38.9 Å². The molecule has 7 heteroatoms. The normalized spacial score (nSPS) is 15.0.